The summed E-state index contributed by atoms with van der Waals surface area (Å²) in [5.41, 5.74) is 1.11. The Kier molecular flexibility index (Phi) is 6.46. The minimum absolute atomic E-state index is 0.00365. The lowest BCUT2D eigenvalue weighted by atomic mass is 10.1. The van der Waals surface area contributed by atoms with Crippen LogP contribution in [0.2, 0.25) is 0 Å². The van der Waals surface area contributed by atoms with Crippen molar-refractivity contribution in [1.29, 1.82) is 0 Å². The number of aliphatic carboxylic acids is 1. The zero-order chi connectivity index (χ0) is 19.2. The van der Waals surface area contributed by atoms with Crippen LogP contribution in [0.3, 0.4) is 0 Å². The van der Waals surface area contributed by atoms with Crippen LogP contribution in [0.1, 0.15) is 18.9 Å². The fourth-order valence-electron chi connectivity index (χ4n) is 2.31. The number of sulfonamides is 1. The van der Waals surface area contributed by atoms with Gasteiger partial charge in [0.15, 0.2) is 11.5 Å². The molecule has 0 heterocycles. The van der Waals surface area contributed by atoms with Crippen LogP contribution in [0.15, 0.2) is 47.4 Å². The first kappa shape index (κ1) is 19.6. The average molecular weight is 379 g/mol. The number of aryl methyl sites for hydroxylation is 1. The van der Waals surface area contributed by atoms with Crippen molar-refractivity contribution in [3.05, 3.63) is 48.0 Å². The van der Waals surface area contributed by atoms with Crippen LogP contribution in [0.4, 0.5) is 5.69 Å². The third kappa shape index (κ3) is 5.13. The van der Waals surface area contributed by atoms with Gasteiger partial charge in [-0.05, 0) is 43.2 Å². The van der Waals surface area contributed by atoms with Gasteiger partial charge in [-0.1, -0.05) is 12.1 Å². The lowest BCUT2D eigenvalue weighted by molar-refractivity contribution is -0.136. The first-order valence-electron chi connectivity index (χ1n) is 8.00. The Morgan fingerprint density at radius 1 is 1.12 bits per heavy atom. The molecule has 0 aromatic heterocycles. The van der Waals surface area contributed by atoms with E-state index in [9.17, 15) is 13.2 Å². The lowest BCUT2D eigenvalue weighted by Crippen LogP contribution is -2.13. The van der Waals surface area contributed by atoms with Gasteiger partial charge in [0.25, 0.3) is 10.0 Å². The highest BCUT2D eigenvalue weighted by molar-refractivity contribution is 7.92. The van der Waals surface area contributed by atoms with Crippen LogP contribution in [0.25, 0.3) is 0 Å². The molecule has 0 amide bonds. The molecule has 0 radical (unpaired) electrons. The van der Waals surface area contributed by atoms with Crippen molar-refractivity contribution in [2.75, 3.05) is 18.4 Å². The summed E-state index contributed by atoms with van der Waals surface area (Å²) in [7, 11) is -2.30. The number of hydrogen-bond acceptors (Lipinski definition) is 5. The summed E-state index contributed by atoms with van der Waals surface area (Å²) in [6.07, 6.45) is 0.343. The van der Waals surface area contributed by atoms with E-state index in [2.05, 4.69) is 4.72 Å². The van der Waals surface area contributed by atoms with Crippen molar-refractivity contribution in [2.45, 2.75) is 24.7 Å². The summed E-state index contributed by atoms with van der Waals surface area (Å²) >= 11 is 0. The van der Waals surface area contributed by atoms with E-state index in [4.69, 9.17) is 14.6 Å². The second kappa shape index (κ2) is 8.57. The molecule has 8 heteroatoms. The van der Waals surface area contributed by atoms with Crippen molar-refractivity contribution >= 4 is 21.7 Å². The van der Waals surface area contributed by atoms with Crippen molar-refractivity contribution in [2.24, 2.45) is 0 Å². The van der Waals surface area contributed by atoms with E-state index in [0.717, 1.165) is 5.56 Å². The number of nitrogens with one attached hydrogen (secondary N) is 1. The smallest absolute Gasteiger partial charge is 0.303 e. The molecule has 0 unspecified atom stereocenters. The lowest BCUT2D eigenvalue weighted by Gasteiger charge is -2.13. The number of hydrogen-bond donors (Lipinski definition) is 2. The first-order chi connectivity index (χ1) is 12.4. The maximum atomic E-state index is 12.5. The van der Waals surface area contributed by atoms with Crippen LogP contribution in [-0.4, -0.2) is 33.2 Å². The number of anilines is 1. The first-order valence-corrected chi connectivity index (χ1v) is 9.48. The fraction of sp³-hybridized carbons (Fsp3) is 0.278. The molecule has 0 saturated carbocycles. The standard InChI is InChI=1S/C18H21NO6S/c1-3-25-16-10-7-14(12-17(16)24-2)19-26(22,23)15-8-4-13(5-9-15)6-11-18(20)21/h4-5,7-10,12,19H,3,6,11H2,1-2H3,(H,20,21). The van der Waals surface area contributed by atoms with Gasteiger partial charge in [0.2, 0.25) is 0 Å². The molecule has 0 atom stereocenters. The SMILES string of the molecule is CCOc1ccc(NS(=O)(=O)c2ccc(CCC(=O)O)cc2)cc1OC. The molecule has 2 aromatic carbocycles. The van der Waals surface area contributed by atoms with Gasteiger partial charge >= 0.3 is 5.97 Å². The number of carboxylic acids is 1. The Morgan fingerprint density at radius 2 is 1.81 bits per heavy atom. The van der Waals surface area contributed by atoms with Gasteiger partial charge in [0.1, 0.15) is 0 Å². The summed E-state index contributed by atoms with van der Waals surface area (Å²) in [6.45, 7) is 2.31. The maximum Gasteiger partial charge on any atom is 0.303 e. The molecule has 2 aromatic rings. The van der Waals surface area contributed by atoms with Crippen LogP contribution < -0.4 is 14.2 Å². The van der Waals surface area contributed by atoms with E-state index < -0.39 is 16.0 Å². The van der Waals surface area contributed by atoms with E-state index in [1.807, 2.05) is 6.92 Å². The van der Waals surface area contributed by atoms with E-state index in [-0.39, 0.29) is 11.3 Å². The Morgan fingerprint density at radius 3 is 2.38 bits per heavy atom. The number of carboxylic acid groups (broad SMARTS) is 1. The minimum atomic E-state index is -3.77. The number of benzene rings is 2. The molecule has 2 rings (SSSR count). The van der Waals surface area contributed by atoms with Crippen molar-refractivity contribution in [3.8, 4) is 11.5 Å². The van der Waals surface area contributed by atoms with Crippen molar-refractivity contribution in [1.82, 2.24) is 0 Å². The van der Waals surface area contributed by atoms with Crippen molar-refractivity contribution in [3.63, 3.8) is 0 Å². The summed E-state index contributed by atoms with van der Waals surface area (Å²) in [6, 6.07) is 10.9. The molecule has 0 spiro atoms. The third-order valence-electron chi connectivity index (χ3n) is 3.58. The summed E-state index contributed by atoms with van der Waals surface area (Å²) in [5.74, 6) is 0.0598. The molecule has 2 N–H and O–H groups in total. The Bertz CT molecular complexity index is 862. The van der Waals surface area contributed by atoms with Gasteiger partial charge < -0.3 is 14.6 Å². The predicted molar refractivity (Wildman–Crippen MR) is 97.4 cm³/mol. The van der Waals surface area contributed by atoms with Crippen LogP contribution in [0, 0.1) is 0 Å². The topological polar surface area (TPSA) is 102 Å². The molecule has 26 heavy (non-hydrogen) atoms. The van der Waals surface area contributed by atoms with Gasteiger partial charge in [-0.3, -0.25) is 9.52 Å². The number of rotatable bonds is 9. The zero-order valence-corrected chi connectivity index (χ0v) is 15.4. The van der Waals surface area contributed by atoms with Crippen LogP contribution >= 0.6 is 0 Å². The largest absolute Gasteiger partial charge is 0.493 e. The molecule has 0 aliphatic carbocycles. The summed E-state index contributed by atoms with van der Waals surface area (Å²) < 4.78 is 38.1. The Hall–Kier alpha value is -2.74. The molecule has 0 saturated heterocycles. The van der Waals surface area contributed by atoms with Gasteiger partial charge in [-0.2, -0.15) is 0 Å². The quantitative estimate of drug-likeness (QED) is 0.695. The Balaban J connectivity index is 2.16. The van der Waals surface area contributed by atoms with E-state index in [1.165, 1.54) is 19.2 Å². The molecular weight excluding hydrogens is 358 g/mol. The second-order valence-corrected chi connectivity index (χ2v) is 7.12. The third-order valence-corrected chi connectivity index (χ3v) is 4.97. The molecule has 0 aliphatic rings. The summed E-state index contributed by atoms with van der Waals surface area (Å²) in [5, 5.41) is 8.69. The monoisotopic (exact) mass is 379 g/mol. The van der Waals surface area contributed by atoms with E-state index in [0.29, 0.717) is 30.2 Å². The van der Waals surface area contributed by atoms with E-state index in [1.54, 1.807) is 30.3 Å². The fourth-order valence-corrected chi connectivity index (χ4v) is 3.36. The highest BCUT2D eigenvalue weighted by Gasteiger charge is 2.15. The minimum Gasteiger partial charge on any atom is -0.493 e. The van der Waals surface area contributed by atoms with E-state index >= 15 is 0 Å². The predicted octanol–water partition coefficient (Wildman–Crippen LogP) is 2.91. The van der Waals surface area contributed by atoms with Gasteiger partial charge in [-0.25, -0.2) is 8.42 Å². The van der Waals surface area contributed by atoms with Crippen molar-refractivity contribution < 1.29 is 27.8 Å². The van der Waals surface area contributed by atoms with Crippen LogP contribution in [0.5, 0.6) is 11.5 Å². The molecule has 7 nitrogen and oxygen atoms in total. The average Bonchev–Trinajstić information content (AvgIpc) is 2.61. The zero-order valence-electron chi connectivity index (χ0n) is 14.6. The van der Waals surface area contributed by atoms with Gasteiger partial charge in [0.05, 0.1) is 24.3 Å². The number of ether oxygens (including phenoxy) is 2. The molecule has 140 valence electrons. The Labute approximate surface area is 152 Å². The molecular formula is C18H21NO6S. The molecule has 0 bridgehead atoms. The van der Waals surface area contributed by atoms with Crippen LogP contribution in [-0.2, 0) is 21.2 Å². The van der Waals surface area contributed by atoms with Gasteiger partial charge in [0, 0.05) is 12.5 Å². The second-order valence-electron chi connectivity index (χ2n) is 5.44. The summed E-state index contributed by atoms with van der Waals surface area (Å²) in [4.78, 5) is 10.7. The molecule has 0 fully saturated rings. The highest BCUT2D eigenvalue weighted by atomic mass is 32.2. The highest BCUT2D eigenvalue weighted by Crippen LogP contribution is 2.31. The molecule has 0 aliphatic heterocycles. The number of methoxy groups -OCH3 is 1. The maximum absolute atomic E-state index is 12.5. The van der Waals surface area contributed by atoms with Gasteiger partial charge in [-0.15, -0.1) is 0 Å². The normalized spacial score (nSPS) is 11.0. The number of carbonyl (C=O) groups is 1.